The van der Waals surface area contributed by atoms with E-state index in [1.54, 1.807) is 0 Å². The Balaban J connectivity index is 0.000000829. The van der Waals surface area contributed by atoms with Crippen LogP contribution in [0.2, 0.25) is 0 Å². The molecule has 2 aromatic rings. The summed E-state index contributed by atoms with van der Waals surface area (Å²) in [7, 11) is 0. The third kappa shape index (κ3) is 20.5. The van der Waals surface area contributed by atoms with Gasteiger partial charge in [0.25, 0.3) is 0 Å². The van der Waals surface area contributed by atoms with Crippen molar-refractivity contribution in [3.63, 3.8) is 0 Å². The molecule has 6 heteroatoms. The molecule has 0 heterocycles. The van der Waals surface area contributed by atoms with Gasteiger partial charge < -0.3 is 28.8 Å². The van der Waals surface area contributed by atoms with Crippen molar-refractivity contribution in [1.29, 1.82) is 0 Å². The van der Waals surface area contributed by atoms with Gasteiger partial charge in [0.05, 0.1) is 51.4 Å². The molecule has 0 aliphatic heterocycles. The topological polar surface area (TPSA) is 80.3 Å². The smallest absolute Gasteiger partial charge is 0.0887 e. The average Bonchev–Trinajstić information content (AvgIpc) is 3.13. The second-order valence-corrected chi connectivity index (χ2v) is 14.9. The van der Waals surface area contributed by atoms with Gasteiger partial charge in [-0.25, -0.2) is 0 Å². The summed E-state index contributed by atoms with van der Waals surface area (Å²) in [5.41, 5.74) is 2.99. The Morgan fingerprint density at radius 3 is 0.962 bits per heavy atom. The highest BCUT2D eigenvalue weighted by Gasteiger charge is 2.34. The van der Waals surface area contributed by atoms with Crippen LogP contribution < -0.4 is 10.2 Å². The van der Waals surface area contributed by atoms with E-state index in [1.807, 2.05) is 0 Å². The van der Waals surface area contributed by atoms with Crippen molar-refractivity contribution in [1.82, 2.24) is 0 Å². The van der Waals surface area contributed by atoms with Crippen molar-refractivity contribution in [2.24, 2.45) is 0 Å². The number of hydrogen-bond donors (Lipinski definition) is 0. The summed E-state index contributed by atoms with van der Waals surface area (Å²) in [6.45, 7) is 27.1. The van der Waals surface area contributed by atoms with Gasteiger partial charge in [-0.05, 0) is 114 Å². The molecule has 0 aliphatic carbocycles. The fourth-order valence-electron chi connectivity index (χ4n) is 8.75. The van der Waals surface area contributed by atoms with E-state index in [4.69, 9.17) is 0 Å². The van der Waals surface area contributed by atoms with Gasteiger partial charge in [0.1, 0.15) is 0 Å². The molecule has 6 nitrogen and oxygen atoms in total. The first-order valence-corrected chi connectivity index (χ1v) is 21.3. The molecule has 0 amide bonds. The van der Waals surface area contributed by atoms with Crippen LogP contribution in [-0.4, -0.2) is 72.3 Å². The van der Waals surface area contributed by atoms with Crippen molar-refractivity contribution in [3.8, 4) is 0 Å². The van der Waals surface area contributed by atoms with E-state index in [9.17, 15) is 19.8 Å². The minimum absolute atomic E-state index is 0.470. The Kier molecular flexibility index (Phi) is 29.1. The number of aliphatic carboxylic acids is 2. The normalized spacial score (nSPS) is 12.5. The fourth-order valence-corrected chi connectivity index (χ4v) is 8.75. The van der Waals surface area contributed by atoms with E-state index >= 15 is 0 Å². The predicted octanol–water partition coefficient (Wildman–Crippen LogP) is 8.94. The molecular weight excluding hydrogens is 645 g/mol. The minimum atomic E-state index is -1.37. The molecule has 0 radical (unpaired) electrons. The zero-order chi connectivity index (χ0) is 39.1. The maximum absolute atomic E-state index is 9.50. The van der Waals surface area contributed by atoms with Gasteiger partial charge >= 0.3 is 0 Å². The number of hydrogen-bond acceptors (Lipinski definition) is 4. The second kappa shape index (κ2) is 30.7. The van der Waals surface area contributed by atoms with E-state index in [-0.39, 0.29) is 0 Å². The van der Waals surface area contributed by atoms with Crippen molar-refractivity contribution < 1.29 is 28.8 Å². The molecule has 2 rings (SSSR count). The predicted molar refractivity (Wildman–Crippen MR) is 218 cm³/mol. The maximum Gasteiger partial charge on any atom is 0.0887 e. The van der Waals surface area contributed by atoms with Crippen molar-refractivity contribution in [3.05, 3.63) is 71.8 Å². The number of carboxylic acid groups (broad SMARTS) is 2. The van der Waals surface area contributed by atoms with Crippen LogP contribution in [0, 0.1) is 0 Å². The molecule has 0 N–H and O–H groups in total. The SMILES string of the molecule is CCC[N+](CCC)(CCC)C(CC)CCCc1ccccc1.CCC[N+](CCC)(CCC)C(CC)CCCc1ccccc1.O=C([O-])CCC(=O)[O-]. The van der Waals surface area contributed by atoms with Crippen LogP contribution >= 0.6 is 0 Å². The number of carbonyl (C=O) groups is 2. The van der Waals surface area contributed by atoms with Crippen molar-refractivity contribution >= 4 is 11.9 Å². The zero-order valence-electron chi connectivity index (χ0n) is 35.0. The molecule has 0 bridgehead atoms. The lowest BCUT2D eigenvalue weighted by molar-refractivity contribution is -0.952. The number of quaternary nitrogens is 2. The fraction of sp³-hybridized carbons (Fsp3) is 0.696. The first kappa shape index (κ1) is 49.3. The molecule has 298 valence electrons. The van der Waals surface area contributed by atoms with Gasteiger partial charge in [0.2, 0.25) is 0 Å². The van der Waals surface area contributed by atoms with Crippen LogP contribution in [0.15, 0.2) is 60.7 Å². The first-order chi connectivity index (χ1) is 25.1. The summed E-state index contributed by atoms with van der Waals surface area (Å²) in [5, 5.41) is 19.0. The number of benzene rings is 2. The van der Waals surface area contributed by atoms with Gasteiger partial charge in [0, 0.05) is 11.9 Å². The van der Waals surface area contributed by atoms with Crippen molar-refractivity contribution in [2.75, 3.05) is 39.3 Å². The lowest BCUT2D eigenvalue weighted by Crippen LogP contribution is -2.56. The van der Waals surface area contributed by atoms with Crippen LogP contribution in [0.5, 0.6) is 0 Å². The number of aryl methyl sites for hydroxylation is 2. The van der Waals surface area contributed by atoms with Gasteiger partial charge in [-0.3, -0.25) is 0 Å². The highest BCUT2D eigenvalue weighted by molar-refractivity contribution is 5.72. The summed E-state index contributed by atoms with van der Waals surface area (Å²) in [6.07, 6.45) is 17.5. The maximum atomic E-state index is 9.50. The molecule has 52 heavy (non-hydrogen) atoms. The molecule has 0 spiro atoms. The lowest BCUT2D eigenvalue weighted by Gasteiger charge is -2.45. The average molecular weight is 725 g/mol. The van der Waals surface area contributed by atoms with Gasteiger partial charge in [-0.15, -0.1) is 0 Å². The first-order valence-electron chi connectivity index (χ1n) is 21.3. The summed E-state index contributed by atoms with van der Waals surface area (Å²) >= 11 is 0. The monoisotopic (exact) mass is 725 g/mol. The largest absolute Gasteiger partial charge is 0.550 e. The summed E-state index contributed by atoms with van der Waals surface area (Å²) in [5.74, 6) is -2.73. The molecular formula is C46H80N2O4. The molecule has 0 saturated carbocycles. The van der Waals surface area contributed by atoms with Gasteiger partial charge in [-0.2, -0.15) is 0 Å². The van der Waals surface area contributed by atoms with Crippen LogP contribution in [-0.2, 0) is 22.4 Å². The minimum Gasteiger partial charge on any atom is -0.550 e. The Morgan fingerprint density at radius 2 is 0.750 bits per heavy atom. The Bertz CT molecular complexity index is 1000. The van der Waals surface area contributed by atoms with E-state index in [0.29, 0.717) is 0 Å². The number of carboxylic acids is 2. The molecule has 0 aliphatic rings. The number of nitrogens with zero attached hydrogens (tertiary/aromatic N) is 2. The van der Waals surface area contributed by atoms with E-state index < -0.39 is 24.8 Å². The highest BCUT2D eigenvalue weighted by Crippen LogP contribution is 2.26. The van der Waals surface area contributed by atoms with Crippen molar-refractivity contribution in [2.45, 2.75) is 170 Å². The third-order valence-corrected chi connectivity index (χ3v) is 10.7. The zero-order valence-corrected chi connectivity index (χ0v) is 35.0. The Morgan fingerprint density at radius 1 is 0.481 bits per heavy atom. The summed E-state index contributed by atoms with van der Waals surface area (Å²) < 4.78 is 2.74. The van der Waals surface area contributed by atoms with E-state index in [2.05, 4.69) is 116 Å². The molecule has 0 fully saturated rings. The molecule has 2 aromatic carbocycles. The lowest BCUT2D eigenvalue weighted by atomic mass is 9.98. The van der Waals surface area contributed by atoms with Crippen LogP contribution in [0.4, 0.5) is 0 Å². The van der Waals surface area contributed by atoms with Crippen LogP contribution in [0.3, 0.4) is 0 Å². The summed E-state index contributed by atoms with van der Waals surface area (Å²) in [4.78, 5) is 19.0. The number of rotatable bonds is 27. The van der Waals surface area contributed by atoms with E-state index in [1.165, 1.54) is 149 Å². The van der Waals surface area contributed by atoms with Crippen LogP contribution in [0.1, 0.15) is 156 Å². The molecule has 0 saturated heterocycles. The highest BCUT2D eigenvalue weighted by atomic mass is 16.4. The third-order valence-electron chi connectivity index (χ3n) is 10.7. The number of carbonyl (C=O) groups excluding carboxylic acids is 2. The van der Waals surface area contributed by atoms with E-state index in [0.717, 1.165) is 12.1 Å². The molecule has 0 aromatic heterocycles. The molecule has 2 unspecified atom stereocenters. The second-order valence-electron chi connectivity index (χ2n) is 14.9. The Hall–Kier alpha value is -2.70. The Labute approximate surface area is 321 Å². The van der Waals surface area contributed by atoms with Gasteiger partial charge in [0.15, 0.2) is 0 Å². The standard InChI is InChI=1S/2C21H38N.C4H6O4/c2*1-5-17-22(18-6-2,19-7-3)21(8-4)16-12-15-20-13-10-9-11-14-20;5-3(6)1-2-4(7)8/h2*9-11,13-14,21H,5-8,12,15-19H2,1-4H3;1-2H2,(H,5,6)(H,7,8)/q2*+1;/p-2. The molecule has 2 atom stereocenters. The van der Waals surface area contributed by atoms with Crippen LogP contribution in [0.25, 0.3) is 0 Å². The summed E-state index contributed by atoms with van der Waals surface area (Å²) in [6, 6.07) is 23.7. The van der Waals surface area contributed by atoms with Gasteiger partial charge in [-0.1, -0.05) is 116 Å². The quantitative estimate of drug-likeness (QED) is 0.0863.